The number of nitrogens with one attached hydrogen (secondary N) is 2. The zero-order valence-corrected chi connectivity index (χ0v) is 5.07. The van der Waals surface area contributed by atoms with Crippen LogP contribution in [0.15, 0.2) is 0 Å². The maximum atomic E-state index is 8.36. The van der Waals surface area contributed by atoms with Gasteiger partial charge in [0.15, 0.2) is 0 Å². The Morgan fingerprint density at radius 3 is 1.56 bits per heavy atom. The molecular formula is C3H4N2O3S. The molecule has 0 aromatic heterocycles. The minimum absolute atomic E-state index is 0.250. The van der Waals surface area contributed by atoms with Crippen molar-refractivity contribution in [3.8, 4) is 0 Å². The van der Waals surface area contributed by atoms with Crippen molar-refractivity contribution >= 4 is 29.9 Å². The molecule has 0 radical (unpaired) electrons. The number of thiocarbonyl (C=S) groups is 1. The lowest BCUT2D eigenvalue weighted by molar-refractivity contribution is -0.122. The van der Waals surface area contributed by atoms with Crippen LogP contribution in [-0.2, 0) is 9.59 Å². The monoisotopic (exact) mass is 148 g/mol. The first-order valence-electron chi connectivity index (χ1n) is 1.40. The van der Waals surface area contributed by atoms with Crippen molar-refractivity contribution in [3.63, 3.8) is 0 Å². The van der Waals surface area contributed by atoms with Gasteiger partial charge in [-0.1, -0.05) is 0 Å². The van der Waals surface area contributed by atoms with Crippen molar-refractivity contribution in [3.05, 3.63) is 0 Å². The molecule has 0 atom stereocenters. The summed E-state index contributed by atoms with van der Waals surface area (Å²) in [6.45, 7) is -0.250. The van der Waals surface area contributed by atoms with E-state index in [2.05, 4.69) is 12.2 Å². The van der Waals surface area contributed by atoms with Gasteiger partial charge in [0.05, 0.1) is 5.16 Å². The average Bonchev–Trinajstić information content (AvgIpc) is 1.70. The van der Waals surface area contributed by atoms with Crippen LogP contribution in [0, 0.1) is 10.8 Å². The molecule has 0 bridgehead atoms. The topological polar surface area (TPSA) is 102 Å². The Balaban J connectivity index is -0.0000000600. The maximum absolute atomic E-state index is 8.36. The molecule has 9 heavy (non-hydrogen) atoms. The number of hydrogen-bond acceptors (Lipinski definition) is 5. The molecule has 50 valence electrons. The third kappa shape index (κ3) is 78.9. The van der Waals surface area contributed by atoms with Crippen LogP contribution in [-0.4, -0.2) is 22.8 Å². The fourth-order valence-electron chi connectivity index (χ4n) is 0. The zero-order valence-electron chi connectivity index (χ0n) is 4.25. The molecule has 0 aliphatic heterocycles. The van der Waals surface area contributed by atoms with Gasteiger partial charge in [0, 0.05) is 0 Å². The van der Waals surface area contributed by atoms with Crippen LogP contribution >= 0.6 is 12.2 Å². The van der Waals surface area contributed by atoms with E-state index in [0.717, 1.165) is 6.08 Å². The van der Waals surface area contributed by atoms with Crippen molar-refractivity contribution in [1.29, 1.82) is 10.8 Å². The highest BCUT2D eigenvalue weighted by Crippen LogP contribution is 1.16. The molecule has 0 saturated carbocycles. The predicted molar refractivity (Wildman–Crippen MR) is 32.4 cm³/mol. The van der Waals surface area contributed by atoms with Crippen LogP contribution in [0.5, 0.6) is 0 Å². The molecule has 0 aliphatic rings. The predicted octanol–water partition coefficient (Wildman–Crippen LogP) is 0.270. The van der Waals surface area contributed by atoms with Gasteiger partial charge in [-0.25, -0.2) is 15.6 Å². The van der Waals surface area contributed by atoms with Gasteiger partial charge in [-0.15, -0.1) is 0 Å². The van der Waals surface area contributed by atoms with Gasteiger partial charge in [0.2, 0.25) is 6.08 Å². The highest BCUT2D eigenvalue weighted by atomic mass is 32.1. The van der Waals surface area contributed by atoms with Gasteiger partial charge < -0.3 is 5.11 Å². The minimum Gasteiger partial charge on any atom is -0.483 e. The SMILES string of the molecule is N=C=O.N=C=S.O=CO. The lowest BCUT2D eigenvalue weighted by atomic mass is 11.7. The molecule has 0 fully saturated rings. The summed E-state index contributed by atoms with van der Waals surface area (Å²) in [5.74, 6) is 0. The first-order chi connectivity index (χ1) is 4.24. The number of hydrogen-bond donors (Lipinski definition) is 3. The van der Waals surface area contributed by atoms with Gasteiger partial charge in [-0.3, -0.25) is 4.79 Å². The first kappa shape index (κ1) is 15.6. The van der Waals surface area contributed by atoms with Gasteiger partial charge >= 0.3 is 0 Å². The van der Waals surface area contributed by atoms with Crippen LogP contribution in [0.2, 0.25) is 0 Å². The lowest BCUT2D eigenvalue weighted by Crippen LogP contribution is -1.49. The fraction of sp³-hybridized carbons (Fsp3) is 0. The van der Waals surface area contributed by atoms with Gasteiger partial charge in [0.1, 0.15) is 0 Å². The van der Waals surface area contributed by atoms with Crippen LogP contribution in [0.1, 0.15) is 0 Å². The third-order valence-electron chi connectivity index (χ3n) is 0. The Morgan fingerprint density at radius 1 is 1.56 bits per heavy atom. The standard InChI is InChI=1S/CHNO.CHNS.CH2O2/c3*2-1-3/h2*2H;1H,(H,2,3). The second kappa shape index (κ2) is 78.0. The normalized spacial score (nSPS) is 3.11. The van der Waals surface area contributed by atoms with Crippen molar-refractivity contribution in [2.45, 2.75) is 0 Å². The van der Waals surface area contributed by atoms with Gasteiger partial charge in [-0.2, -0.15) is 0 Å². The van der Waals surface area contributed by atoms with Crippen molar-refractivity contribution in [2.75, 3.05) is 0 Å². The molecule has 0 amide bonds. The number of rotatable bonds is 0. The van der Waals surface area contributed by atoms with Gasteiger partial charge in [-0.05, 0) is 12.2 Å². The van der Waals surface area contributed by atoms with Crippen molar-refractivity contribution in [1.82, 2.24) is 0 Å². The largest absolute Gasteiger partial charge is 0.483 e. The number of carbonyl (C=O) groups excluding carboxylic acids is 1. The number of isothiocyanates is 1. The van der Waals surface area contributed by atoms with Gasteiger partial charge in [0.25, 0.3) is 6.47 Å². The number of carbonyl (C=O) groups is 1. The highest BCUT2D eigenvalue weighted by Gasteiger charge is 1.22. The van der Waals surface area contributed by atoms with E-state index in [1.54, 1.807) is 5.16 Å². The molecule has 0 rings (SSSR count). The number of carboxylic acid groups (broad SMARTS) is 1. The van der Waals surface area contributed by atoms with Crippen molar-refractivity contribution in [2.24, 2.45) is 0 Å². The summed E-state index contributed by atoms with van der Waals surface area (Å²) in [5, 5.41) is 19.6. The molecular weight excluding hydrogens is 144 g/mol. The average molecular weight is 148 g/mol. The molecule has 0 aliphatic carbocycles. The molecule has 6 heteroatoms. The summed E-state index contributed by atoms with van der Waals surface area (Å²) in [5.41, 5.74) is 0. The summed E-state index contributed by atoms with van der Waals surface area (Å²) in [7, 11) is 0. The van der Waals surface area contributed by atoms with E-state index >= 15 is 0 Å². The van der Waals surface area contributed by atoms with Crippen LogP contribution in [0.25, 0.3) is 0 Å². The fourth-order valence-corrected chi connectivity index (χ4v) is 0. The van der Waals surface area contributed by atoms with E-state index in [4.69, 9.17) is 25.5 Å². The molecule has 0 spiro atoms. The Hall–Kier alpha value is -1.35. The molecule has 0 heterocycles. The van der Waals surface area contributed by atoms with Crippen molar-refractivity contribution < 1.29 is 14.7 Å². The third-order valence-corrected chi connectivity index (χ3v) is 0. The number of isocyanates is 1. The van der Waals surface area contributed by atoms with Crippen LogP contribution < -0.4 is 0 Å². The summed E-state index contributed by atoms with van der Waals surface area (Å²) in [6.07, 6.45) is 0.750. The maximum Gasteiger partial charge on any atom is 0.290 e. The van der Waals surface area contributed by atoms with E-state index in [0.29, 0.717) is 0 Å². The van der Waals surface area contributed by atoms with Crippen LogP contribution in [0.3, 0.4) is 0 Å². The van der Waals surface area contributed by atoms with E-state index < -0.39 is 0 Å². The Morgan fingerprint density at radius 2 is 1.56 bits per heavy atom. The smallest absolute Gasteiger partial charge is 0.290 e. The van der Waals surface area contributed by atoms with Crippen LogP contribution in [0.4, 0.5) is 0 Å². The lowest BCUT2D eigenvalue weighted by Gasteiger charge is -1.34. The summed E-state index contributed by atoms with van der Waals surface area (Å²) >= 11 is 3.81. The Bertz CT molecular complexity index is 100. The molecule has 3 N–H and O–H groups in total. The van der Waals surface area contributed by atoms with E-state index in [1.165, 1.54) is 0 Å². The Labute approximate surface area is 56.3 Å². The summed E-state index contributed by atoms with van der Waals surface area (Å²) in [6, 6.07) is 0. The highest BCUT2D eigenvalue weighted by molar-refractivity contribution is 7.78. The first-order valence-corrected chi connectivity index (χ1v) is 1.81. The molecule has 0 unspecified atom stereocenters. The summed E-state index contributed by atoms with van der Waals surface area (Å²) in [4.78, 5) is 16.7. The zero-order chi connectivity index (χ0) is 8.12. The minimum atomic E-state index is -0.250. The molecule has 5 nitrogen and oxygen atoms in total. The molecule has 0 aromatic rings. The molecule has 0 saturated heterocycles. The second-order valence-corrected chi connectivity index (χ2v) is 0.514. The quantitative estimate of drug-likeness (QED) is 0.198. The molecule has 0 aromatic carbocycles. The summed E-state index contributed by atoms with van der Waals surface area (Å²) < 4.78 is 0. The van der Waals surface area contributed by atoms with E-state index in [9.17, 15) is 0 Å². The van der Waals surface area contributed by atoms with E-state index in [1.807, 2.05) is 0 Å². The Kier molecular flexibility index (Phi) is 136. The van der Waals surface area contributed by atoms with E-state index in [-0.39, 0.29) is 6.47 Å². The second-order valence-electron chi connectivity index (χ2n) is 0.310.